The zero-order valence-electron chi connectivity index (χ0n) is 9.79. The molecule has 0 unspecified atom stereocenters. The molecule has 0 atom stereocenters. The largest absolute Gasteiger partial charge is 0.407 e. The topological polar surface area (TPSA) is 51.0 Å². The van der Waals surface area contributed by atoms with E-state index in [9.17, 15) is 0 Å². The molecule has 16 heavy (non-hydrogen) atoms. The van der Waals surface area contributed by atoms with Crippen LogP contribution in [0.25, 0.3) is 0 Å². The van der Waals surface area contributed by atoms with Gasteiger partial charge in [-0.15, -0.1) is 16.7 Å². The summed E-state index contributed by atoms with van der Waals surface area (Å²) >= 11 is 5.60. The molecule has 0 spiro atoms. The standard InChI is InChI=1S/C11H18ClN3O/c1-11(2)5-3-8(4-6-11)13-10-15-14-9(7-12)16-10/h8H,3-7H2,1-2H3,(H,13,15). The van der Waals surface area contributed by atoms with E-state index in [1.165, 1.54) is 12.8 Å². The zero-order chi connectivity index (χ0) is 11.6. The molecule has 1 N–H and O–H groups in total. The first-order chi connectivity index (χ1) is 7.59. The lowest BCUT2D eigenvalue weighted by Gasteiger charge is -2.34. The average Bonchev–Trinajstić information content (AvgIpc) is 2.69. The molecule has 90 valence electrons. The molecule has 1 heterocycles. The van der Waals surface area contributed by atoms with Crippen molar-refractivity contribution in [3.05, 3.63) is 5.89 Å². The summed E-state index contributed by atoms with van der Waals surface area (Å²) in [6, 6.07) is 0.956. The maximum atomic E-state index is 5.60. The highest BCUT2D eigenvalue weighted by molar-refractivity contribution is 6.16. The molecule has 0 radical (unpaired) electrons. The lowest BCUT2D eigenvalue weighted by Crippen LogP contribution is -2.29. The molecule has 0 aliphatic heterocycles. The number of halogens is 1. The fourth-order valence-electron chi connectivity index (χ4n) is 2.08. The summed E-state index contributed by atoms with van der Waals surface area (Å²) in [4.78, 5) is 0. The van der Waals surface area contributed by atoms with Gasteiger partial charge in [0.15, 0.2) is 0 Å². The summed E-state index contributed by atoms with van der Waals surface area (Å²) in [6.07, 6.45) is 4.79. The maximum absolute atomic E-state index is 5.60. The van der Waals surface area contributed by atoms with Gasteiger partial charge in [0.1, 0.15) is 5.88 Å². The third-order valence-corrected chi connectivity index (χ3v) is 3.48. The lowest BCUT2D eigenvalue weighted by molar-refractivity contribution is 0.231. The Hall–Kier alpha value is -0.770. The first kappa shape index (κ1) is 11.7. The highest BCUT2D eigenvalue weighted by Crippen LogP contribution is 2.35. The van der Waals surface area contributed by atoms with Crippen LogP contribution in [0.4, 0.5) is 6.01 Å². The van der Waals surface area contributed by atoms with Gasteiger partial charge < -0.3 is 9.73 Å². The SMILES string of the molecule is CC1(C)CCC(Nc2nnc(CCl)o2)CC1. The Balaban J connectivity index is 1.87. The van der Waals surface area contributed by atoms with E-state index in [4.69, 9.17) is 16.0 Å². The molecule has 4 nitrogen and oxygen atoms in total. The molecule has 0 amide bonds. The number of anilines is 1. The molecule has 2 rings (SSSR count). The third kappa shape index (κ3) is 2.88. The minimum atomic E-state index is 0.270. The van der Waals surface area contributed by atoms with Crippen molar-refractivity contribution in [3.63, 3.8) is 0 Å². The van der Waals surface area contributed by atoms with Crippen LogP contribution in [-0.4, -0.2) is 16.2 Å². The number of alkyl halides is 1. The van der Waals surface area contributed by atoms with Crippen LogP contribution in [0.3, 0.4) is 0 Å². The van der Waals surface area contributed by atoms with Gasteiger partial charge in [-0.3, -0.25) is 0 Å². The number of nitrogens with one attached hydrogen (secondary N) is 1. The molecule has 1 fully saturated rings. The van der Waals surface area contributed by atoms with E-state index in [-0.39, 0.29) is 5.88 Å². The van der Waals surface area contributed by atoms with E-state index in [1.54, 1.807) is 0 Å². The van der Waals surface area contributed by atoms with Gasteiger partial charge in [-0.05, 0) is 31.1 Å². The third-order valence-electron chi connectivity index (χ3n) is 3.25. The summed E-state index contributed by atoms with van der Waals surface area (Å²) in [5.41, 5.74) is 0.480. The molecule has 1 aliphatic rings. The van der Waals surface area contributed by atoms with Crippen LogP contribution in [0.5, 0.6) is 0 Å². The number of hydrogen-bond acceptors (Lipinski definition) is 4. The van der Waals surface area contributed by atoms with Crippen LogP contribution in [0.2, 0.25) is 0 Å². The number of rotatable bonds is 3. The Labute approximate surface area is 101 Å². The Morgan fingerprint density at radius 1 is 1.38 bits per heavy atom. The summed E-state index contributed by atoms with van der Waals surface area (Å²) in [7, 11) is 0. The van der Waals surface area contributed by atoms with Crippen molar-refractivity contribution < 1.29 is 4.42 Å². The van der Waals surface area contributed by atoms with Crippen LogP contribution in [-0.2, 0) is 5.88 Å². The van der Waals surface area contributed by atoms with Gasteiger partial charge in [-0.1, -0.05) is 18.9 Å². The predicted octanol–water partition coefficient (Wildman–Crippen LogP) is 3.19. The average molecular weight is 244 g/mol. The Bertz CT molecular complexity index is 341. The van der Waals surface area contributed by atoms with Crippen LogP contribution in [0.1, 0.15) is 45.4 Å². The monoisotopic (exact) mass is 243 g/mol. The fraction of sp³-hybridized carbons (Fsp3) is 0.818. The summed E-state index contributed by atoms with van der Waals surface area (Å²) in [5, 5.41) is 11.0. The van der Waals surface area contributed by atoms with Crippen molar-refractivity contribution in [1.29, 1.82) is 0 Å². The van der Waals surface area contributed by atoms with Gasteiger partial charge in [-0.2, -0.15) is 0 Å². The number of nitrogens with zero attached hydrogens (tertiary/aromatic N) is 2. The van der Waals surface area contributed by atoms with E-state index in [0.29, 0.717) is 23.4 Å². The van der Waals surface area contributed by atoms with Crippen molar-refractivity contribution in [2.24, 2.45) is 5.41 Å². The molecule has 1 saturated carbocycles. The fourth-order valence-corrected chi connectivity index (χ4v) is 2.19. The van der Waals surface area contributed by atoms with E-state index < -0.39 is 0 Å². The Kier molecular flexibility index (Phi) is 3.38. The van der Waals surface area contributed by atoms with Gasteiger partial charge in [0, 0.05) is 6.04 Å². The highest BCUT2D eigenvalue weighted by Gasteiger charge is 2.27. The molecule has 0 saturated heterocycles. The molecule has 1 aromatic heterocycles. The zero-order valence-corrected chi connectivity index (χ0v) is 10.5. The number of hydrogen-bond donors (Lipinski definition) is 1. The summed E-state index contributed by atoms with van der Waals surface area (Å²) in [6.45, 7) is 4.64. The molecule has 5 heteroatoms. The van der Waals surface area contributed by atoms with Gasteiger partial charge in [0.05, 0.1) is 0 Å². The minimum Gasteiger partial charge on any atom is -0.407 e. The van der Waals surface area contributed by atoms with Crippen molar-refractivity contribution >= 4 is 17.6 Å². The summed E-state index contributed by atoms with van der Waals surface area (Å²) < 4.78 is 5.32. The first-order valence-electron chi connectivity index (χ1n) is 5.74. The first-order valence-corrected chi connectivity index (χ1v) is 6.27. The van der Waals surface area contributed by atoms with Crippen molar-refractivity contribution in [2.75, 3.05) is 5.32 Å². The van der Waals surface area contributed by atoms with Crippen LogP contribution in [0.15, 0.2) is 4.42 Å². The molecule has 1 aromatic rings. The Morgan fingerprint density at radius 2 is 2.06 bits per heavy atom. The Morgan fingerprint density at radius 3 is 2.62 bits per heavy atom. The van der Waals surface area contributed by atoms with Crippen molar-refractivity contribution in [2.45, 2.75) is 51.5 Å². The molecule has 0 bridgehead atoms. The highest BCUT2D eigenvalue weighted by atomic mass is 35.5. The van der Waals surface area contributed by atoms with Gasteiger partial charge >= 0.3 is 6.01 Å². The van der Waals surface area contributed by atoms with E-state index in [1.807, 2.05) is 0 Å². The number of aromatic nitrogens is 2. The van der Waals surface area contributed by atoms with Gasteiger partial charge in [0.25, 0.3) is 0 Å². The van der Waals surface area contributed by atoms with E-state index >= 15 is 0 Å². The van der Waals surface area contributed by atoms with Crippen LogP contribution < -0.4 is 5.32 Å². The van der Waals surface area contributed by atoms with E-state index in [2.05, 4.69) is 29.4 Å². The van der Waals surface area contributed by atoms with E-state index in [0.717, 1.165) is 12.8 Å². The molecular weight excluding hydrogens is 226 g/mol. The molecule has 0 aromatic carbocycles. The normalized spacial score (nSPS) is 20.9. The van der Waals surface area contributed by atoms with Gasteiger partial charge in [-0.25, -0.2) is 0 Å². The smallest absolute Gasteiger partial charge is 0.315 e. The minimum absolute atomic E-state index is 0.270. The second-order valence-corrected chi connectivity index (χ2v) is 5.48. The van der Waals surface area contributed by atoms with Gasteiger partial charge in [0.2, 0.25) is 5.89 Å². The second-order valence-electron chi connectivity index (χ2n) is 5.22. The van der Waals surface area contributed by atoms with Crippen LogP contribution >= 0.6 is 11.6 Å². The molecule has 1 aliphatic carbocycles. The predicted molar refractivity (Wildman–Crippen MR) is 63.5 cm³/mol. The van der Waals surface area contributed by atoms with Crippen molar-refractivity contribution in [1.82, 2.24) is 10.2 Å². The summed E-state index contributed by atoms with van der Waals surface area (Å²) in [5.74, 6) is 0.743. The van der Waals surface area contributed by atoms with Crippen molar-refractivity contribution in [3.8, 4) is 0 Å². The second kappa shape index (κ2) is 4.62. The molecular formula is C11H18ClN3O. The lowest BCUT2D eigenvalue weighted by atomic mass is 9.76. The van der Waals surface area contributed by atoms with Crippen LogP contribution in [0, 0.1) is 5.41 Å². The maximum Gasteiger partial charge on any atom is 0.315 e. The quantitative estimate of drug-likeness (QED) is 0.829.